The minimum absolute atomic E-state index is 0.0606. The smallest absolute Gasteiger partial charge is 0.410 e. The summed E-state index contributed by atoms with van der Waals surface area (Å²) >= 11 is 6.53. The van der Waals surface area contributed by atoms with Crippen molar-refractivity contribution in [2.24, 2.45) is 7.05 Å². The summed E-state index contributed by atoms with van der Waals surface area (Å²) in [5.74, 6) is -1.45. The maximum absolute atomic E-state index is 15.7. The first-order valence-corrected chi connectivity index (χ1v) is 18.4. The summed E-state index contributed by atoms with van der Waals surface area (Å²) in [5, 5.41) is 15.3. The molecular weight excluding hydrogens is 717 g/mol. The summed E-state index contributed by atoms with van der Waals surface area (Å²) in [5.41, 5.74) is 6.16. The third-order valence-electron chi connectivity index (χ3n) is 10.6. The third-order valence-corrected chi connectivity index (χ3v) is 11.0. The molecule has 2 amide bonds. The van der Waals surface area contributed by atoms with E-state index in [2.05, 4.69) is 15.6 Å². The van der Waals surface area contributed by atoms with Crippen molar-refractivity contribution in [1.29, 1.82) is 0 Å². The zero-order valence-corrected chi connectivity index (χ0v) is 31.6. The van der Waals surface area contributed by atoms with E-state index >= 15 is 4.39 Å². The molecule has 1 fully saturated rings. The lowest BCUT2D eigenvalue weighted by Gasteiger charge is -2.26. The fourth-order valence-electron chi connectivity index (χ4n) is 7.45. The maximum atomic E-state index is 15.7. The largest absolute Gasteiger partial charge is 0.496 e. The van der Waals surface area contributed by atoms with Gasteiger partial charge >= 0.3 is 12.1 Å². The zero-order chi connectivity index (χ0) is 38.5. The number of halogens is 2. The van der Waals surface area contributed by atoms with Crippen molar-refractivity contribution in [3.63, 3.8) is 0 Å². The lowest BCUT2D eigenvalue weighted by molar-refractivity contribution is -0.140. The molecule has 7 rings (SSSR count). The van der Waals surface area contributed by atoms with Crippen LogP contribution in [0.5, 0.6) is 11.5 Å². The van der Waals surface area contributed by atoms with Crippen LogP contribution in [0.1, 0.15) is 83.5 Å². The number of aromatic nitrogens is 2. The number of aliphatic carboxylic acids is 1. The lowest BCUT2D eigenvalue weighted by Crippen LogP contribution is -2.38. The molecule has 3 aromatic carbocycles. The summed E-state index contributed by atoms with van der Waals surface area (Å²) < 4.78 is 34.7. The van der Waals surface area contributed by atoms with Crippen LogP contribution in [0.25, 0.3) is 11.1 Å². The SMILES string of the molecule is COc1cc(OC2CCc3c(-c4cccc(NC(=O)c5nc6c(n5C)CCN(C(=O)OC(C)C)C6)c4C)cccc32)c(Cl)c(F)c1CNC1(C(=O)O)CC1. The second kappa shape index (κ2) is 14.6. The number of rotatable bonds is 11. The number of hydrogen-bond acceptors (Lipinski definition) is 8. The second-order valence-electron chi connectivity index (χ2n) is 14.4. The number of ether oxygens (including phenoxy) is 3. The predicted octanol–water partition coefficient (Wildman–Crippen LogP) is 7.13. The van der Waals surface area contributed by atoms with E-state index in [1.54, 1.807) is 29.4 Å². The van der Waals surface area contributed by atoms with Crippen LogP contribution in [0.15, 0.2) is 42.5 Å². The number of hydrogen-bond donors (Lipinski definition) is 3. The molecule has 1 aromatic heterocycles. The van der Waals surface area contributed by atoms with Crippen LogP contribution < -0.4 is 20.1 Å². The Labute approximate surface area is 317 Å². The predicted molar refractivity (Wildman–Crippen MR) is 200 cm³/mol. The molecule has 1 unspecified atom stereocenters. The summed E-state index contributed by atoms with van der Waals surface area (Å²) in [6.45, 7) is 6.26. The number of methoxy groups -OCH3 is 1. The normalized spacial score (nSPS) is 16.8. The monoisotopic (exact) mass is 759 g/mol. The van der Waals surface area contributed by atoms with Crippen molar-refractivity contribution in [2.75, 3.05) is 19.0 Å². The van der Waals surface area contributed by atoms with Gasteiger partial charge in [-0.15, -0.1) is 0 Å². The molecular formula is C40H43ClFN5O7. The average Bonchev–Trinajstić information content (AvgIpc) is 3.73. The van der Waals surface area contributed by atoms with Crippen LogP contribution in [0.2, 0.25) is 5.02 Å². The van der Waals surface area contributed by atoms with Crippen LogP contribution >= 0.6 is 11.6 Å². The van der Waals surface area contributed by atoms with Crippen LogP contribution in [0.3, 0.4) is 0 Å². The van der Waals surface area contributed by atoms with E-state index in [-0.39, 0.29) is 53.0 Å². The summed E-state index contributed by atoms with van der Waals surface area (Å²) in [6, 6.07) is 13.3. The van der Waals surface area contributed by atoms with Crippen LogP contribution in [0.4, 0.5) is 14.9 Å². The van der Waals surface area contributed by atoms with Gasteiger partial charge in [0.2, 0.25) is 0 Å². The molecule has 0 saturated heterocycles. The number of carboxylic acids is 1. The number of amides is 2. The summed E-state index contributed by atoms with van der Waals surface area (Å²) in [4.78, 5) is 44.0. The first kappa shape index (κ1) is 37.2. The number of carbonyl (C=O) groups excluding carboxylic acids is 2. The molecule has 12 nitrogen and oxygen atoms in total. The molecule has 1 atom stereocenters. The second-order valence-corrected chi connectivity index (χ2v) is 14.7. The molecule has 4 aromatic rings. The number of benzene rings is 3. The number of carboxylic acid groups (broad SMARTS) is 1. The Balaban J connectivity index is 1.09. The number of fused-ring (bicyclic) bond motifs is 2. The number of carbonyl (C=O) groups is 3. The van der Waals surface area contributed by atoms with Crippen LogP contribution in [-0.4, -0.2) is 62.8 Å². The molecule has 0 spiro atoms. The third kappa shape index (κ3) is 6.86. The van der Waals surface area contributed by atoms with Gasteiger partial charge in [-0.2, -0.15) is 0 Å². The van der Waals surface area contributed by atoms with E-state index in [9.17, 15) is 19.5 Å². The number of anilines is 1. The highest BCUT2D eigenvalue weighted by molar-refractivity contribution is 6.32. The fourth-order valence-corrected chi connectivity index (χ4v) is 7.66. The van der Waals surface area contributed by atoms with Gasteiger partial charge < -0.3 is 34.1 Å². The van der Waals surface area contributed by atoms with Crippen molar-refractivity contribution in [2.45, 2.75) is 83.7 Å². The van der Waals surface area contributed by atoms with E-state index in [4.69, 9.17) is 25.8 Å². The Hall–Kier alpha value is -5.14. The van der Waals surface area contributed by atoms with Gasteiger partial charge in [0.1, 0.15) is 28.2 Å². The standard InChI is InChI=1S/C40H43ClFN5O7/c1-21(2)53-39(51)47-17-14-30-29(20-47)44-36(46(30)4)37(48)45-28-11-7-8-23(22(28)3)24-9-6-10-26-25(24)12-13-31(26)54-33-18-32(52-5)27(35(42)34(33)41)19-43-40(15-16-40)38(49)50/h6-11,18,21,31,43H,12-17,19-20H2,1-5H3,(H,45,48)(H,49,50). The van der Waals surface area contributed by atoms with Gasteiger partial charge in [-0.3, -0.25) is 14.9 Å². The molecule has 0 radical (unpaired) electrons. The van der Waals surface area contributed by atoms with Crippen molar-refractivity contribution in [3.8, 4) is 22.6 Å². The highest BCUT2D eigenvalue weighted by atomic mass is 35.5. The summed E-state index contributed by atoms with van der Waals surface area (Å²) in [6.07, 6.45) is 1.78. The van der Waals surface area contributed by atoms with Gasteiger partial charge in [-0.05, 0) is 80.3 Å². The molecule has 1 aliphatic heterocycles. The Bertz CT molecular complexity index is 2160. The van der Waals surface area contributed by atoms with Crippen molar-refractivity contribution in [3.05, 3.63) is 92.8 Å². The van der Waals surface area contributed by atoms with E-state index in [0.29, 0.717) is 50.0 Å². The Morgan fingerprint density at radius 1 is 1.11 bits per heavy atom. The van der Waals surface area contributed by atoms with E-state index in [1.807, 2.05) is 50.4 Å². The first-order chi connectivity index (χ1) is 25.8. The Kier molecular flexibility index (Phi) is 10.0. The first-order valence-electron chi connectivity index (χ1n) is 18.0. The lowest BCUT2D eigenvalue weighted by atomic mass is 9.93. The van der Waals surface area contributed by atoms with E-state index < -0.39 is 29.5 Å². The van der Waals surface area contributed by atoms with Crippen molar-refractivity contribution < 1.29 is 38.1 Å². The van der Waals surface area contributed by atoms with Crippen LogP contribution in [-0.2, 0) is 42.5 Å². The minimum Gasteiger partial charge on any atom is -0.496 e. The number of nitrogens with zero attached hydrogens (tertiary/aromatic N) is 3. The van der Waals surface area contributed by atoms with Crippen LogP contribution in [0, 0.1) is 12.7 Å². The molecule has 2 aliphatic carbocycles. The molecule has 0 bridgehead atoms. The maximum Gasteiger partial charge on any atom is 0.410 e. The Morgan fingerprint density at radius 2 is 1.85 bits per heavy atom. The minimum atomic E-state index is -1.05. The molecule has 284 valence electrons. The average molecular weight is 760 g/mol. The summed E-state index contributed by atoms with van der Waals surface area (Å²) in [7, 11) is 3.23. The Morgan fingerprint density at radius 3 is 2.56 bits per heavy atom. The highest BCUT2D eigenvalue weighted by Gasteiger charge is 2.50. The van der Waals surface area contributed by atoms with E-state index in [0.717, 1.165) is 33.5 Å². The fraction of sp³-hybridized carbons (Fsp3) is 0.400. The molecule has 54 heavy (non-hydrogen) atoms. The number of nitrogens with one attached hydrogen (secondary N) is 2. The van der Waals surface area contributed by atoms with Gasteiger partial charge in [0.15, 0.2) is 11.6 Å². The molecule has 3 N–H and O–H groups in total. The molecule has 1 saturated carbocycles. The van der Waals surface area contributed by atoms with E-state index in [1.165, 1.54) is 7.11 Å². The molecule has 3 aliphatic rings. The topological polar surface area (TPSA) is 144 Å². The van der Waals surface area contributed by atoms with Gasteiger partial charge in [0.05, 0.1) is 25.5 Å². The quantitative estimate of drug-likeness (QED) is 0.146. The molecule has 2 heterocycles. The van der Waals surface area contributed by atoms with Gasteiger partial charge in [-0.1, -0.05) is 41.9 Å². The van der Waals surface area contributed by atoms with Gasteiger partial charge in [0.25, 0.3) is 5.91 Å². The van der Waals surface area contributed by atoms with Gasteiger partial charge in [0, 0.05) is 49.6 Å². The highest BCUT2D eigenvalue weighted by Crippen LogP contribution is 2.45. The zero-order valence-electron chi connectivity index (χ0n) is 30.8. The number of imidazole rings is 1. The van der Waals surface area contributed by atoms with Crippen molar-refractivity contribution >= 4 is 35.3 Å². The van der Waals surface area contributed by atoms with Crippen molar-refractivity contribution in [1.82, 2.24) is 19.8 Å². The van der Waals surface area contributed by atoms with Gasteiger partial charge in [-0.25, -0.2) is 14.2 Å². The molecule has 14 heteroatoms.